The summed E-state index contributed by atoms with van der Waals surface area (Å²) in [7, 11) is 0. The summed E-state index contributed by atoms with van der Waals surface area (Å²) in [4.78, 5) is 16.2. The highest BCUT2D eigenvalue weighted by molar-refractivity contribution is 5.76. The number of nitrogens with zero attached hydrogens (tertiary/aromatic N) is 2. The molecule has 0 fully saturated rings. The average molecular weight is 305 g/mol. The quantitative estimate of drug-likeness (QED) is 0.887. The molecule has 22 heavy (non-hydrogen) atoms. The molecular formula is C16H23N3O3. The van der Waals surface area contributed by atoms with Crippen LogP contribution in [0.3, 0.4) is 0 Å². The molecule has 2 aromatic rings. The van der Waals surface area contributed by atoms with Gasteiger partial charge in [0, 0.05) is 30.7 Å². The molecule has 0 saturated heterocycles. The van der Waals surface area contributed by atoms with Gasteiger partial charge in [0.15, 0.2) is 5.82 Å². The molecule has 6 nitrogen and oxygen atoms in total. The number of furan rings is 1. The Hall–Kier alpha value is -2.11. The number of aromatic nitrogens is 2. The van der Waals surface area contributed by atoms with E-state index in [1.165, 1.54) is 0 Å². The van der Waals surface area contributed by atoms with Crippen molar-refractivity contribution in [1.29, 1.82) is 0 Å². The Morgan fingerprint density at radius 1 is 1.41 bits per heavy atom. The minimum absolute atomic E-state index is 0.0199. The Balaban J connectivity index is 1.76. The molecule has 0 aromatic carbocycles. The van der Waals surface area contributed by atoms with Crippen LogP contribution in [0.4, 0.5) is 0 Å². The monoisotopic (exact) mass is 305 g/mol. The van der Waals surface area contributed by atoms with Gasteiger partial charge < -0.3 is 14.3 Å². The number of rotatable bonds is 6. The van der Waals surface area contributed by atoms with Crippen LogP contribution in [0.1, 0.15) is 51.6 Å². The van der Waals surface area contributed by atoms with Crippen molar-refractivity contribution in [3.63, 3.8) is 0 Å². The number of carbonyl (C=O) groups is 1. The highest BCUT2D eigenvalue weighted by atomic mass is 16.5. The maximum atomic E-state index is 11.9. The Labute approximate surface area is 130 Å². The molecule has 0 radical (unpaired) electrons. The summed E-state index contributed by atoms with van der Waals surface area (Å²) in [6.07, 6.45) is 3.08. The molecule has 120 valence electrons. The standard InChI is InChI=1S/C16H23N3O3/c1-11(10-12-6-5-9-21-12)17-13(20)7-8-14-18-15(19-22-14)16(2,3)4/h5-6,9,11H,7-8,10H2,1-4H3,(H,17,20)/t11-/m1/s1. The molecule has 2 rings (SSSR count). The van der Waals surface area contributed by atoms with E-state index in [0.717, 1.165) is 5.76 Å². The Morgan fingerprint density at radius 2 is 2.18 bits per heavy atom. The smallest absolute Gasteiger partial charge is 0.227 e. The Morgan fingerprint density at radius 3 is 2.77 bits per heavy atom. The van der Waals surface area contributed by atoms with Crippen molar-refractivity contribution in [3.8, 4) is 0 Å². The van der Waals surface area contributed by atoms with Crippen molar-refractivity contribution < 1.29 is 13.7 Å². The summed E-state index contributed by atoms with van der Waals surface area (Å²) < 4.78 is 10.4. The van der Waals surface area contributed by atoms with Gasteiger partial charge in [0.1, 0.15) is 5.76 Å². The van der Waals surface area contributed by atoms with E-state index in [4.69, 9.17) is 8.94 Å². The summed E-state index contributed by atoms with van der Waals surface area (Å²) in [5.41, 5.74) is -0.151. The minimum atomic E-state index is -0.151. The van der Waals surface area contributed by atoms with E-state index in [-0.39, 0.29) is 17.4 Å². The van der Waals surface area contributed by atoms with Crippen LogP contribution in [0.5, 0.6) is 0 Å². The molecule has 0 spiro atoms. The molecule has 2 heterocycles. The lowest BCUT2D eigenvalue weighted by Crippen LogP contribution is -2.34. The second-order valence-corrected chi connectivity index (χ2v) is 6.51. The summed E-state index contributed by atoms with van der Waals surface area (Å²) in [6.45, 7) is 8.00. The fourth-order valence-electron chi connectivity index (χ4n) is 2.01. The summed E-state index contributed by atoms with van der Waals surface area (Å²) in [5.74, 6) is 1.99. The SMILES string of the molecule is C[C@H](Cc1ccco1)NC(=O)CCc1nc(C(C)(C)C)no1. The molecule has 0 aliphatic rings. The van der Waals surface area contributed by atoms with Gasteiger partial charge in [-0.2, -0.15) is 4.98 Å². The first kappa shape index (κ1) is 16.3. The van der Waals surface area contributed by atoms with Gasteiger partial charge in [-0.25, -0.2) is 0 Å². The van der Waals surface area contributed by atoms with Crippen LogP contribution in [-0.2, 0) is 23.1 Å². The topological polar surface area (TPSA) is 81.2 Å². The zero-order valence-corrected chi connectivity index (χ0v) is 13.5. The summed E-state index contributed by atoms with van der Waals surface area (Å²) in [6, 6.07) is 3.76. The van der Waals surface area contributed by atoms with Crippen LogP contribution in [-0.4, -0.2) is 22.1 Å². The Bertz CT molecular complexity index is 596. The van der Waals surface area contributed by atoms with Gasteiger partial charge >= 0.3 is 0 Å². The number of aryl methyl sites for hydroxylation is 1. The molecule has 0 bridgehead atoms. The van der Waals surface area contributed by atoms with Gasteiger partial charge in [-0.05, 0) is 19.1 Å². The Kier molecular flexibility index (Phi) is 5.00. The van der Waals surface area contributed by atoms with Gasteiger partial charge in [0.25, 0.3) is 0 Å². The van der Waals surface area contributed by atoms with Crippen LogP contribution in [0, 0.1) is 0 Å². The second-order valence-electron chi connectivity index (χ2n) is 6.51. The molecule has 0 aliphatic carbocycles. The normalized spacial score (nSPS) is 13.1. The molecule has 0 aliphatic heterocycles. The molecular weight excluding hydrogens is 282 g/mol. The van der Waals surface area contributed by atoms with Crippen molar-refractivity contribution in [1.82, 2.24) is 15.5 Å². The molecule has 6 heteroatoms. The van der Waals surface area contributed by atoms with Crippen molar-refractivity contribution >= 4 is 5.91 Å². The number of nitrogens with one attached hydrogen (secondary N) is 1. The third kappa shape index (κ3) is 4.72. The first-order chi connectivity index (χ1) is 10.3. The maximum absolute atomic E-state index is 11.9. The van der Waals surface area contributed by atoms with E-state index in [1.54, 1.807) is 6.26 Å². The maximum Gasteiger partial charge on any atom is 0.227 e. The lowest BCUT2D eigenvalue weighted by Gasteiger charge is -2.12. The van der Waals surface area contributed by atoms with Crippen LogP contribution in [0.25, 0.3) is 0 Å². The van der Waals surface area contributed by atoms with E-state index in [9.17, 15) is 4.79 Å². The number of hydrogen-bond donors (Lipinski definition) is 1. The average Bonchev–Trinajstić information content (AvgIpc) is 3.05. The molecule has 1 N–H and O–H groups in total. The zero-order chi connectivity index (χ0) is 16.2. The van der Waals surface area contributed by atoms with Gasteiger partial charge in [-0.1, -0.05) is 25.9 Å². The predicted molar refractivity (Wildman–Crippen MR) is 81.3 cm³/mol. The number of hydrogen-bond acceptors (Lipinski definition) is 5. The second kappa shape index (κ2) is 6.77. The van der Waals surface area contributed by atoms with Gasteiger partial charge in [-0.15, -0.1) is 0 Å². The lowest BCUT2D eigenvalue weighted by atomic mass is 9.96. The highest BCUT2D eigenvalue weighted by Gasteiger charge is 2.21. The molecule has 2 aromatic heterocycles. The first-order valence-electron chi connectivity index (χ1n) is 7.49. The number of amides is 1. The lowest BCUT2D eigenvalue weighted by molar-refractivity contribution is -0.121. The fraction of sp³-hybridized carbons (Fsp3) is 0.562. The van der Waals surface area contributed by atoms with Crippen molar-refractivity contribution in [2.75, 3.05) is 0 Å². The first-order valence-corrected chi connectivity index (χ1v) is 7.49. The van der Waals surface area contributed by atoms with Gasteiger partial charge in [-0.3, -0.25) is 4.79 Å². The van der Waals surface area contributed by atoms with Crippen LogP contribution < -0.4 is 5.32 Å². The third-order valence-electron chi connectivity index (χ3n) is 3.20. The highest BCUT2D eigenvalue weighted by Crippen LogP contribution is 2.18. The van der Waals surface area contributed by atoms with Crippen molar-refractivity contribution in [2.24, 2.45) is 0 Å². The van der Waals surface area contributed by atoms with Crippen molar-refractivity contribution in [2.45, 2.75) is 58.4 Å². The molecule has 1 amide bonds. The van der Waals surface area contributed by atoms with E-state index in [0.29, 0.717) is 31.0 Å². The third-order valence-corrected chi connectivity index (χ3v) is 3.20. The molecule has 0 unspecified atom stereocenters. The van der Waals surface area contributed by atoms with Crippen molar-refractivity contribution in [3.05, 3.63) is 35.9 Å². The van der Waals surface area contributed by atoms with E-state index < -0.39 is 0 Å². The fourth-order valence-corrected chi connectivity index (χ4v) is 2.01. The minimum Gasteiger partial charge on any atom is -0.469 e. The summed E-state index contributed by atoms with van der Waals surface area (Å²) in [5, 5.41) is 6.88. The number of carbonyl (C=O) groups excluding carboxylic acids is 1. The van der Waals surface area contributed by atoms with E-state index >= 15 is 0 Å². The van der Waals surface area contributed by atoms with Crippen LogP contribution >= 0.6 is 0 Å². The van der Waals surface area contributed by atoms with E-state index in [1.807, 2.05) is 39.8 Å². The zero-order valence-electron chi connectivity index (χ0n) is 13.5. The largest absolute Gasteiger partial charge is 0.469 e. The van der Waals surface area contributed by atoms with Gasteiger partial charge in [0.2, 0.25) is 11.8 Å². The predicted octanol–water partition coefficient (Wildman–Crippen LogP) is 2.64. The van der Waals surface area contributed by atoms with Crippen LogP contribution in [0.15, 0.2) is 27.3 Å². The summed E-state index contributed by atoms with van der Waals surface area (Å²) >= 11 is 0. The molecule has 0 saturated carbocycles. The van der Waals surface area contributed by atoms with Gasteiger partial charge in [0.05, 0.1) is 6.26 Å². The molecule has 1 atom stereocenters. The van der Waals surface area contributed by atoms with E-state index in [2.05, 4.69) is 15.5 Å². The van der Waals surface area contributed by atoms with Crippen LogP contribution in [0.2, 0.25) is 0 Å².